The highest BCUT2D eigenvalue weighted by Gasteiger charge is 2.14. The third-order valence-electron chi connectivity index (χ3n) is 2.14. The Morgan fingerprint density at radius 1 is 1.53 bits per heavy atom. The summed E-state index contributed by atoms with van der Waals surface area (Å²) in [7, 11) is 0. The number of H-pyrrole nitrogens is 1. The van der Waals surface area contributed by atoms with Crippen molar-refractivity contribution in [1.29, 1.82) is 0 Å². The van der Waals surface area contributed by atoms with Crippen molar-refractivity contribution in [3.63, 3.8) is 0 Å². The number of carbonyl (C=O) groups is 1. The maximum absolute atomic E-state index is 13.1. The molecule has 2 N–H and O–H groups in total. The topological polar surface area (TPSA) is 57.8 Å². The van der Waals surface area contributed by atoms with E-state index in [9.17, 15) is 9.18 Å². The zero-order chi connectivity index (χ0) is 12.4. The van der Waals surface area contributed by atoms with Crippen LogP contribution >= 0.6 is 11.6 Å². The number of nitrogens with one attached hydrogen (secondary N) is 2. The maximum atomic E-state index is 13.1. The van der Waals surface area contributed by atoms with Crippen LogP contribution in [0, 0.1) is 12.7 Å². The molecule has 1 aromatic heterocycles. The van der Waals surface area contributed by atoms with E-state index in [-0.39, 0.29) is 10.6 Å². The van der Waals surface area contributed by atoms with Crippen LogP contribution in [0.25, 0.3) is 0 Å². The molecule has 2 rings (SSSR count). The maximum Gasteiger partial charge on any atom is 0.258 e. The second-order valence-corrected chi connectivity index (χ2v) is 3.87. The van der Waals surface area contributed by atoms with E-state index in [4.69, 9.17) is 11.6 Å². The van der Waals surface area contributed by atoms with Crippen LogP contribution in [0.2, 0.25) is 5.02 Å². The van der Waals surface area contributed by atoms with E-state index >= 15 is 0 Å². The number of aromatic nitrogens is 2. The van der Waals surface area contributed by atoms with Crippen LogP contribution < -0.4 is 5.32 Å². The van der Waals surface area contributed by atoms with Gasteiger partial charge in [0.25, 0.3) is 5.91 Å². The lowest BCUT2D eigenvalue weighted by Gasteiger charge is -2.04. The summed E-state index contributed by atoms with van der Waals surface area (Å²) in [5.74, 6) is -0.758. The summed E-state index contributed by atoms with van der Waals surface area (Å²) in [4.78, 5) is 11.8. The smallest absolute Gasteiger partial charge is 0.258 e. The summed E-state index contributed by atoms with van der Waals surface area (Å²) in [6.45, 7) is 1.80. The molecule has 0 spiro atoms. The Hall–Kier alpha value is -1.88. The van der Waals surface area contributed by atoms with Gasteiger partial charge >= 0.3 is 0 Å². The van der Waals surface area contributed by atoms with E-state index in [2.05, 4.69) is 15.5 Å². The highest BCUT2D eigenvalue weighted by Crippen LogP contribution is 2.20. The lowest BCUT2D eigenvalue weighted by Crippen LogP contribution is -2.13. The van der Waals surface area contributed by atoms with Gasteiger partial charge in [0.05, 0.1) is 10.6 Å². The van der Waals surface area contributed by atoms with Gasteiger partial charge in [0.1, 0.15) is 5.82 Å². The molecule has 1 heterocycles. The summed E-state index contributed by atoms with van der Waals surface area (Å²) in [6, 6.07) is 5.72. The number of benzene rings is 1. The van der Waals surface area contributed by atoms with Crippen LogP contribution in [0.15, 0.2) is 24.3 Å². The number of halogens is 2. The first-order chi connectivity index (χ1) is 8.08. The van der Waals surface area contributed by atoms with E-state index in [1.54, 1.807) is 13.0 Å². The van der Waals surface area contributed by atoms with Gasteiger partial charge in [-0.15, -0.1) is 0 Å². The number of hydrogen-bond acceptors (Lipinski definition) is 2. The first-order valence-corrected chi connectivity index (χ1v) is 5.23. The number of nitrogens with zero attached hydrogens (tertiary/aromatic N) is 1. The summed E-state index contributed by atoms with van der Waals surface area (Å²) in [6.07, 6.45) is 0. The Labute approximate surface area is 102 Å². The van der Waals surface area contributed by atoms with E-state index in [1.807, 2.05) is 0 Å². The summed E-state index contributed by atoms with van der Waals surface area (Å²) < 4.78 is 13.1. The molecule has 0 saturated carbocycles. The third-order valence-corrected chi connectivity index (χ3v) is 2.53. The number of hydrogen-bond donors (Lipinski definition) is 2. The lowest BCUT2D eigenvalue weighted by atomic mass is 10.2. The molecular formula is C11H9ClFN3O. The summed E-state index contributed by atoms with van der Waals surface area (Å²) in [5, 5.41) is 8.84. The normalized spacial score (nSPS) is 10.3. The lowest BCUT2D eigenvalue weighted by molar-refractivity contribution is 0.102. The minimum Gasteiger partial charge on any atom is -0.305 e. The van der Waals surface area contributed by atoms with Gasteiger partial charge in [-0.1, -0.05) is 17.7 Å². The van der Waals surface area contributed by atoms with Crippen LogP contribution in [0.3, 0.4) is 0 Å². The van der Waals surface area contributed by atoms with Gasteiger partial charge in [0.15, 0.2) is 5.82 Å². The van der Waals surface area contributed by atoms with Crippen LogP contribution in [0.4, 0.5) is 10.2 Å². The Morgan fingerprint density at radius 2 is 2.29 bits per heavy atom. The molecule has 0 atom stereocenters. The van der Waals surface area contributed by atoms with Gasteiger partial charge in [-0.3, -0.25) is 9.89 Å². The zero-order valence-corrected chi connectivity index (χ0v) is 9.68. The Morgan fingerprint density at radius 3 is 2.94 bits per heavy atom. The standard InChI is InChI=1S/C11H9ClFN3O/c1-6-5-9(16-15-6)14-11(17)7-3-2-4-8(13)10(7)12/h2-5H,1H3,(H2,14,15,16,17). The number of aromatic amines is 1. The summed E-state index contributed by atoms with van der Waals surface area (Å²) >= 11 is 5.70. The second-order valence-electron chi connectivity index (χ2n) is 3.49. The summed E-state index contributed by atoms with van der Waals surface area (Å²) in [5.41, 5.74) is 0.887. The van der Waals surface area contributed by atoms with Crippen LogP contribution in [0.5, 0.6) is 0 Å². The molecule has 17 heavy (non-hydrogen) atoms. The molecular weight excluding hydrogens is 245 g/mol. The minimum absolute atomic E-state index is 0.0762. The molecule has 0 unspecified atom stereocenters. The average molecular weight is 254 g/mol. The molecule has 0 aliphatic carbocycles. The van der Waals surface area contributed by atoms with E-state index < -0.39 is 11.7 Å². The third kappa shape index (κ3) is 2.45. The average Bonchev–Trinajstić information content (AvgIpc) is 2.68. The molecule has 0 radical (unpaired) electrons. The van der Waals surface area contributed by atoms with Crippen molar-refractivity contribution < 1.29 is 9.18 Å². The predicted molar refractivity (Wildman–Crippen MR) is 62.7 cm³/mol. The molecule has 0 saturated heterocycles. The number of anilines is 1. The number of carbonyl (C=O) groups excluding carboxylic acids is 1. The largest absolute Gasteiger partial charge is 0.305 e. The Kier molecular flexibility index (Phi) is 3.10. The quantitative estimate of drug-likeness (QED) is 0.865. The van der Waals surface area contributed by atoms with Crippen LogP contribution in [-0.4, -0.2) is 16.1 Å². The monoisotopic (exact) mass is 253 g/mol. The molecule has 6 heteroatoms. The highest BCUT2D eigenvalue weighted by molar-refractivity contribution is 6.34. The van der Waals surface area contributed by atoms with E-state index in [0.29, 0.717) is 5.82 Å². The van der Waals surface area contributed by atoms with Crippen molar-refractivity contribution >= 4 is 23.3 Å². The van der Waals surface area contributed by atoms with Crippen LogP contribution in [0.1, 0.15) is 16.1 Å². The molecule has 0 bridgehead atoms. The molecule has 0 aliphatic rings. The van der Waals surface area contributed by atoms with Gasteiger partial charge in [0, 0.05) is 11.8 Å². The van der Waals surface area contributed by atoms with Crippen LogP contribution in [-0.2, 0) is 0 Å². The molecule has 1 aromatic carbocycles. The molecule has 2 aromatic rings. The molecule has 4 nitrogen and oxygen atoms in total. The SMILES string of the molecule is Cc1cc(NC(=O)c2cccc(F)c2Cl)n[nH]1. The van der Waals surface area contributed by atoms with Crippen molar-refractivity contribution in [2.24, 2.45) is 0 Å². The number of rotatable bonds is 2. The fourth-order valence-corrected chi connectivity index (χ4v) is 1.56. The fraction of sp³-hybridized carbons (Fsp3) is 0.0909. The van der Waals surface area contributed by atoms with Gasteiger partial charge in [0.2, 0.25) is 0 Å². The van der Waals surface area contributed by atoms with Crippen molar-refractivity contribution in [3.8, 4) is 0 Å². The number of amides is 1. The van der Waals surface area contributed by atoms with Crippen molar-refractivity contribution in [3.05, 3.63) is 46.4 Å². The zero-order valence-electron chi connectivity index (χ0n) is 8.92. The molecule has 1 amide bonds. The van der Waals surface area contributed by atoms with Gasteiger partial charge in [-0.2, -0.15) is 5.10 Å². The van der Waals surface area contributed by atoms with Crippen molar-refractivity contribution in [2.45, 2.75) is 6.92 Å². The van der Waals surface area contributed by atoms with Gasteiger partial charge < -0.3 is 5.32 Å². The van der Waals surface area contributed by atoms with E-state index in [0.717, 1.165) is 5.69 Å². The first kappa shape index (κ1) is 11.6. The molecule has 0 fully saturated rings. The molecule has 0 aliphatic heterocycles. The fourth-order valence-electron chi connectivity index (χ4n) is 1.34. The van der Waals surface area contributed by atoms with E-state index in [1.165, 1.54) is 18.2 Å². The van der Waals surface area contributed by atoms with Gasteiger partial charge in [-0.25, -0.2) is 4.39 Å². The van der Waals surface area contributed by atoms with Gasteiger partial charge in [-0.05, 0) is 19.1 Å². The van der Waals surface area contributed by atoms with Crippen molar-refractivity contribution in [1.82, 2.24) is 10.2 Å². The Bertz CT molecular complexity index is 568. The first-order valence-electron chi connectivity index (χ1n) is 4.85. The predicted octanol–water partition coefficient (Wildman–Crippen LogP) is 2.76. The Balaban J connectivity index is 2.23. The number of aryl methyl sites for hydroxylation is 1. The second kappa shape index (κ2) is 4.55. The highest BCUT2D eigenvalue weighted by atomic mass is 35.5. The van der Waals surface area contributed by atoms with Crippen molar-refractivity contribution in [2.75, 3.05) is 5.32 Å². The minimum atomic E-state index is -0.627. The molecule has 88 valence electrons.